The minimum atomic E-state index is -1.26. The van der Waals surface area contributed by atoms with E-state index in [1.807, 2.05) is 0 Å². The van der Waals surface area contributed by atoms with Gasteiger partial charge in [0.15, 0.2) is 0 Å². The van der Waals surface area contributed by atoms with Crippen molar-refractivity contribution in [2.75, 3.05) is 13.1 Å². The highest BCUT2D eigenvalue weighted by molar-refractivity contribution is 5.87. The van der Waals surface area contributed by atoms with Gasteiger partial charge in [0.25, 0.3) is 0 Å². The van der Waals surface area contributed by atoms with Crippen molar-refractivity contribution in [3.8, 4) is 0 Å². The van der Waals surface area contributed by atoms with Gasteiger partial charge < -0.3 is 21.1 Å². The smallest absolute Gasteiger partial charge is 0.326 e. The number of piperidine rings is 1. The van der Waals surface area contributed by atoms with Gasteiger partial charge in [-0.1, -0.05) is 26.7 Å². The lowest BCUT2D eigenvalue weighted by Crippen LogP contribution is -2.52. The molecule has 1 rings (SSSR count). The van der Waals surface area contributed by atoms with Gasteiger partial charge in [-0.15, -0.1) is 0 Å². The predicted molar refractivity (Wildman–Crippen MR) is 77.6 cm³/mol. The molecule has 7 nitrogen and oxygen atoms in total. The zero-order chi connectivity index (χ0) is 16.0. The maximum Gasteiger partial charge on any atom is 0.326 e. The fraction of sp³-hybridized carbons (Fsp3) is 0.786. The van der Waals surface area contributed by atoms with Crippen LogP contribution in [0.15, 0.2) is 0 Å². The average molecular weight is 299 g/mol. The molecule has 1 atom stereocenters. The van der Waals surface area contributed by atoms with Crippen LogP contribution in [-0.4, -0.2) is 47.0 Å². The summed E-state index contributed by atoms with van der Waals surface area (Å²) in [6.07, 6.45) is 3.60. The number of carbonyl (C=O) groups excluding carboxylic acids is 2. The van der Waals surface area contributed by atoms with Crippen molar-refractivity contribution in [1.82, 2.24) is 10.2 Å². The summed E-state index contributed by atoms with van der Waals surface area (Å²) < 4.78 is 0. The van der Waals surface area contributed by atoms with E-state index in [9.17, 15) is 14.4 Å². The third kappa shape index (κ3) is 4.61. The molecule has 0 aromatic rings. The summed E-state index contributed by atoms with van der Waals surface area (Å²) in [6, 6.07) is -1.71. The molecule has 4 N–H and O–H groups in total. The number of hydrogen-bond acceptors (Lipinski definition) is 3. The number of nitrogens with one attached hydrogen (secondary N) is 1. The fourth-order valence-electron chi connectivity index (χ4n) is 2.78. The number of primary amides is 1. The molecule has 1 heterocycles. The molecule has 7 heteroatoms. The number of urea groups is 1. The van der Waals surface area contributed by atoms with Crippen LogP contribution in [-0.2, 0) is 9.59 Å². The van der Waals surface area contributed by atoms with Gasteiger partial charge in [0.1, 0.15) is 6.04 Å². The summed E-state index contributed by atoms with van der Waals surface area (Å²) in [7, 11) is 0. The van der Waals surface area contributed by atoms with Crippen LogP contribution in [0.2, 0.25) is 0 Å². The van der Waals surface area contributed by atoms with E-state index in [2.05, 4.69) is 19.2 Å². The first-order chi connectivity index (χ1) is 9.83. The Kier molecular flexibility index (Phi) is 5.99. The number of likely N-dealkylation sites (tertiary alicyclic amines) is 1. The summed E-state index contributed by atoms with van der Waals surface area (Å²) >= 11 is 0. The van der Waals surface area contributed by atoms with Gasteiger partial charge in [-0.2, -0.15) is 0 Å². The molecule has 1 aliphatic heterocycles. The summed E-state index contributed by atoms with van der Waals surface area (Å²) in [5, 5.41) is 11.4. The van der Waals surface area contributed by atoms with E-state index in [4.69, 9.17) is 10.8 Å². The van der Waals surface area contributed by atoms with Crippen LogP contribution in [0.25, 0.3) is 0 Å². The third-order valence-electron chi connectivity index (χ3n) is 4.61. The van der Waals surface area contributed by atoms with E-state index < -0.39 is 30.4 Å². The molecule has 0 spiro atoms. The molecule has 0 bridgehead atoms. The van der Waals surface area contributed by atoms with Gasteiger partial charge in [0, 0.05) is 13.1 Å². The Morgan fingerprint density at radius 3 is 2.14 bits per heavy atom. The monoisotopic (exact) mass is 299 g/mol. The number of hydrogen-bond donors (Lipinski definition) is 3. The summed E-state index contributed by atoms with van der Waals surface area (Å²) in [6.45, 7) is 5.53. The number of nitrogens with two attached hydrogens (primary N) is 1. The lowest BCUT2D eigenvalue weighted by molar-refractivity contribution is -0.141. The molecule has 1 saturated heterocycles. The second-order valence-corrected chi connectivity index (χ2v) is 5.70. The van der Waals surface area contributed by atoms with Crippen LogP contribution in [0.1, 0.15) is 46.0 Å². The molecule has 0 saturated carbocycles. The Morgan fingerprint density at radius 1 is 1.24 bits per heavy atom. The number of aliphatic carboxylic acids is 1. The molecule has 0 aliphatic carbocycles. The van der Waals surface area contributed by atoms with Gasteiger partial charge in [-0.25, -0.2) is 9.59 Å². The zero-order valence-electron chi connectivity index (χ0n) is 12.7. The average Bonchev–Trinajstić information content (AvgIpc) is 2.46. The van der Waals surface area contributed by atoms with Crippen LogP contribution in [0.4, 0.5) is 4.79 Å². The van der Waals surface area contributed by atoms with E-state index in [1.165, 1.54) is 0 Å². The molecule has 1 aliphatic rings. The van der Waals surface area contributed by atoms with E-state index >= 15 is 0 Å². The number of carboxylic acids is 1. The number of carboxylic acid groups (broad SMARTS) is 1. The van der Waals surface area contributed by atoms with Crippen molar-refractivity contribution >= 4 is 17.9 Å². The molecule has 120 valence electrons. The molecule has 0 aromatic heterocycles. The lowest BCUT2D eigenvalue weighted by atomic mass is 9.74. The molecular formula is C14H25N3O4. The minimum absolute atomic E-state index is 0.288. The van der Waals surface area contributed by atoms with E-state index in [1.54, 1.807) is 4.90 Å². The number of rotatable bonds is 6. The quantitative estimate of drug-likeness (QED) is 0.677. The van der Waals surface area contributed by atoms with Crippen molar-refractivity contribution in [1.29, 1.82) is 0 Å². The lowest BCUT2D eigenvalue weighted by Gasteiger charge is -2.41. The highest BCUT2D eigenvalue weighted by Gasteiger charge is 2.34. The molecule has 21 heavy (non-hydrogen) atoms. The normalized spacial score (nSPS) is 18.9. The van der Waals surface area contributed by atoms with Gasteiger partial charge in [-0.05, 0) is 18.3 Å². The van der Waals surface area contributed by atoms with Crippen LogP contribution in [0.3, 0.4) is 0 Å². The molecular weight excluding hydrogens is 274 g/mol. The highest BCUT2D eigenvalue weighted by atomic mass is 16.4. The van der Waals surface area contributed by atoms with Gasteiger partial charge >= 0.3 is 12.0 Å². The maximum atomic E-state index is 12.1. The highest BCUT2D eigenvalue weighted by Crippen LogP contribution is 2.37. The maximum absolute atomic E-state index is 12.1. The number of nitrogens with zero attached hydrogens (tertiary/aromatic N) is 1. The van der Waals surface area contributed by atoms with Crippen molar-refractivity contribution in [3.05, 3.63) is 0 Å². The number of carbonyl (C=O) groups is 3. The van der Waals surface area contributed by atoms with Crippen LogP contribution in [0.5, 0.6) is 0 Å². The minimum Gasteiger partial charge on any atom is -0.480 e. The van der Waals surface area contributed by atoms with Gasteiger partial charge in [0.2, 0.25) is 5.91 Å². The summed E-state index contributed by atoms with van der Waals surface area (Å²) in [5.74, 6) is -2.01. The second-order valence-electron chi connectivity index (χ2n) is 5.70. The van der Waals surface area contributed by atoms with Crippen molar-refractivity contribution in [3.63, 3.8) is 0 Å². The Balaban J connectivity index is 2.57. The van der Waals surface area contributed by atoms with Gasteiger partial charge in [0.05, 0.1) is 6.42 Å². The topological polar surface area (TPSA) is 113 Å². The van der Waals surface area contributed by atoms with Crippen LogP contribution >= 0.6 is 0 Å². The third-order valence-corrected chi connectivity index (χ3v) is 4.61. The zero-order valence-corrected chi connectivity index (χ0v) is 12.7. The van der Waals surface area contributed by atoms with Crippen LogP contribution < -0.4 is 11.1 Å². The first-order valence-corrected chi connectivity index (χ1v) is 7.40. The molecule has 0 aromatic carbocycles. The SMILES string of the molecule is CCC1(CC)CCN(C(=O)N[C@H](CC(N)=O)C(=O)O)CC1. The Labute approximate surface area is 124 Å². The first kappa shape index (κ1) is 17.3. The molecule has 1 fully saturated rings. The first-order valence-electron chi connectivity index (χ1n) is 7.40. The van der Waals surface area contributed by atoms with E-state index in [0.29, 0.717) is 13.1 Å². The summed E-state index contributed by atoms with van der Waals surface area (Å²) in [5.41, 5.74) is 5.28. The van der Waals surface area contributed by atoms with Gasteiger partial charge in [-0.3, -0.25) is 4.79 Å². The van der Waals surface area contributed by atoms with Crippen molar-refractivity contribution in [2.24, 2.45) is 11.1 Å². The molecule has 3 amide bonds. The Morgan fingerprint density at radius 2 is 1.76 bits per heavy atom. The predicted octanol–water partition coefficient (Wildman–Crippen LogP) is 0.927. The standard InChI is InChI=1S/C14H25N3O4/c1-3-14(4-2)5-7-17(8-6-14)13(21)16-10(12(19)20)9-11(15)18/h10H,3-9H2,1-2H3,(H2,15,18)(H,16,21)(H,19,20)/t10-/m1/s1. The summed E-state index contributed by atoms with van der Waals surface area (Å²) in [4.78, 5) is 35.5. The molecule has 0 radical (unpaired) electrons. The van der Waals surface area contributed by atoms with E-state index in [0.717, 1.165) is 25.7 Å². The van der Waals surface area contributed by atoms with E-state index in [-0.39, 0.29) is 5.41 Å². The van der Waals surface area contributed by atoms with Crippen molar-refractivity contribution < 1.29 is 19.5 Å². The van der Waals surface area contributed by atoms with Crippen molar-refractivity contribution in [2.45, 2.75) is 52.0 Å². The fourth-order valence-corrected chi connectivity index (χ4v) is 2.78. The Hall–Kier alpha value is -1.79. The largest absolute Gasteiger partial charge is 0.480 e. The Bertz CT molecular complexity index is 397. The number of amides is 3. The van der Waals surface area contributed by atoms with Crippen LogP contribution in [0, 0.1) is 5.41 Å². The molecule has 0 unspecified atom stereocenters. The second kappa shape index (κ2) is 7.28.